The minimum absolute atomic E-state index is 0.0815. The molecule has 0 saturated heterocycles. The molecule has 0 aliphatic heterocycles. The molecule has 3 aromatic carbocycles. The number of rotatable bonds is 6. The van der Waals surface area contributed by atoms with Gasteiger partial charge in [0, 0.05) is 17.9 Å². The maximum atomic E-state index is 13.1. The lowest BCUT2D eigenvalue weighted by molar-refractivity contribution is 0.0950. The summed E-state index contributed by atoms with van der Waals surface area (Å²) in [5, 5.41) is 3.05. The fourth-order valence-electron chi connectivity index (χ4n) is 3.71. The van der Waals surface area contributed by atoms with Gasteiger partial charge in [-0.05, 0) is 67.4 Å². The molecule has 0 fully saturated rings. The van der Waals surface area contributed by atoms with Gasteiger partial charge in [-0.15, -0.1) is 0 Å². The van der Waals surface area contributed by atoms with Gasteiger partial charge in [-0.3, -0.25) is 4.79 Å². The number of amides is 1. The molecule has 1 amide bonds. The highest BCUT2D eigenvalue weighted by atomic mass is 16.5. The molecule has 1 heterocycles. The summed E-state index contributed by atoms with van der Waals surface area (Å²) >= 11 is 0. The molecule has 0 atom stereocenters. The number of aromatic nitrogens is 1. The average Bonchev–Trinajstić information content (AvgIpc) is 3.16. The average molecular weight is 411 g/mol. The van der Waals surface area contributed by atoms with Gasteiger partial charge in [0.05, 0.1) is 18.4 Å². The molecule has 0 aliphatic rings. The lowest BCUT2D eigenvalue weighted by atomic mass is 10.1. The van der Waals surface area contributed by atoms with E-state index in [1.807, 2.05) is 67.6 Å². The van der Waals surface area contributed by atoms with E-state index in [0.717, 1.165) is 34.0 Å². The van der Waals surface area contributed by atoms with E-state index in [1.165, 1.54) is 5.56 Å². The molecule has 0 aliphatic carbocycles. The van der Waals surface area contributed by atoms with Crippen LogP contribution in [0.5, 0.6) is 5.75 Å². The van der Waals surface area contributed by atoms with E-state index in [2.05, 4.69) is 41.1 Å². The first-order valence-electron chi connectivity index (χ1n) is 10.3. The zero-order chi connectivity index (χ0) is 21.8. The van der Waals surface area contributed by atoms with Gasteiger partial charge in [0.25, 0.3) is 5.91 Å². The Balaban J connectivity index is 1.74. The van der Waals surface area contributed by atoms with Gasteiger partial charge in [0.2, 0.25) is 0 Å². The third-order valence-electron chi connectivity index (χ3n) is 5.47. The van der Waals surface area contributed by atoms with Crippen molar-refractivity contribution < 1.29 is 9.53 Å². The summed E-state index contributed by atoms with van der Waals surface area (Å²) in [6.45, 7) is 4.55. The first kappa shape index (κ1) is 20.5. The van der Waals surface area contributed by atoms with Crippen LogP contribution in [0.2, 0.25) is 0 Å². The van der Waals surface area contributed by atoms with Gasteiger partial charge in [0.15, 0.2) is 0 Å². The van der Waals surface area contributed by atoms with E-state index < -0.39 is 0 Å². The van der Waals surface area contributed by atoms with Crippen molar-refractivity contribution in [3.05, 3.63) is 107 Å². The minimum Gasteiger partial charge on any atom is -0.497 e. The number of methoxy groups -OCH3 is 1. The topological polar surface area (TPSA) is 43.3 Å². The van der Waals surface area contributed by atoms with Crippen LogP contribution in [-0.4, -0.2) is 17.6 Å². The van der Waals surface area contributed by atoms with Crippen molar-refractivity contribution in [2.45, 2.75) is 20.4 Å². The summed E-state index contributed by atoms with van der Waals surface area (Å²) in [4.78, 5) is 13.1. The van der Waals surface area contributed by atoms with Gasteiger partial charge in [-0.25, -0.2) is 0 Å². The Kier molecular flexibility index (Phi) is 5.89. The Morgan fingerprint density at radius 2 is 1.58 bits per heavy atom. The van der Waals surface area contributed by atoms with E-state index in [-0.39, 0.29) is 5.91 Å². The normalized spacial score (nSPS) is 10.7. The predicted molar refractivity (Wildman–Crippen MR) is 125 cm³/mol. The molecule has 0 unspecified atom stereocenters. The molecular weight excluding hydrogens is 384 g/mol. The highest BCUT2D eigenvalue weighted by Gasteiger charge is 2.19. The molecule has 0 spiro atoms. The molecule has 0 saturated carbocycles. The second kappa shape index (κ2) is 8.92. The first-order valence-corrected chi connectivity index (χ1v) is 10.3. The number of carbonyl (C=O) groups is 1. The standard InChI is InChI=1S/C27H26N2O2/c1-19-9-13-23(14-10-19)29-20(2)25(27(30)28-18-21-7-5-4-6-8-21)17-26(29)22-11-15-24(31-3)16-12-22/h4-17H,18H2,1-3H3,(H,28,30). The highest BCUT2D eigenvalue weighted by molar-refractivity contribution is 5.97. The van der Waals surface area contributed by atoms with E-state index in [0.29, 0.717) is 12.1 Å². The molecule has 4 rings (SSSR count). The van der Waals surface area contributed by atoms with Gasteiger partial charge in [-0.1, -0.05) is 48.0 Å². The number of aryl methyl sites for hydroxylation is 1. The zero-order valence-electron chi connectivity index (χ0n) is 18.1. The van der Waals surface area contributed by atoms with Gasteiger partial charge in [-0.2, -0.15) is 0 Å². The van der Waals surface area contributed by atoms with Crippen LogP contribution in [0.3, 0.4) is 0 Å². The molecule has 156 valence electrons. The van der Waals surface area contributed by atoms with Crippen molar-refractivity contribution in [2.75, 3.05) is 7.11 Å². The Morgan fingerprint density at radius 3 is 2.23 bits per heavy atom. The number of nitrogens with zero attached hydrogens (tertiary/aromatic N) is 1. The van der Waals surface area contributed by atoms with Crippen LogP contribution < -0.4 is 10.1 Å². The Bertz CT molecular complexity index is 1170. The Labute approximate surface area is 183 Å². The van der Waals surface area contributed by atoms with Crippen LogP contribution in [0, 0.1) is 13.8 Å². The van der Waals surface area contributed by atoms with Gasteiger partial charge < -0.3 is 14.6 Å². The molecule has 4 heteroatoms. The van der Waals surface area contributed by atoms with Crippen LogP contribution in [0.4, 0.5) is 0 Å². The van der Waals surface area contributed by atoms with Crippen LogP contribution >= 0.6 is 0 Å². The second-order valence-electron chi connectivity index (χ2n) is 7.60. The van der Waals surface area contributed by atoms with E-state index in [4.69, 9.17) is 4.74 Å². The summed E-state index contributed by atoms with van der Waals surface area (Å²) in [5.41, 5.74) is 6.85. The summed E-state index contributed by atoms with van der Waals surface area (Å²) in [7, 11) is 1.66. The quantitative estimate of drug-likeness (QED) is 0.443. The van der Waals surface area contributed by atoms with Crippen LogP contribution in [0.1, 0.15) is 27.2 Å². The Hall–Kier alpha value is -3.79. The maximum Gasteiger partial charge on any atom is 0.253 e. The fraction of sp³-hybridized carbons (Fsp3) is 0.148. The van der Waals surface area contributed by atoms with E-state index in [9.17, 15) is 4.79 Å². The van der Waals surface area contributed by atoms with Crippen molar-refractivity contribution in [1.29, 1.82) is 0 Å². The van der Waals surface area contributed by atoms with Crippen molar-refractivity contribution in [1.82, 2.24) is 9.88 Å². The predicted octanol–water partition coefficient (Wildman–Crippen LogP) is 5.70. The minimum atomic E-state index is -0.0815. The third kappa shape index (κ3) is 4.38. The molecule has 4 nitrogen and oxygen atoms in total. The van der Waals surface area contributed by atoms with Crippen molar-refractivity contribution >= 4 is 5.91 Å². The monoisotopic (exact) mass is 410 g/mol. The molecule has 0 radical (unpaired) electrons. The van der Waals surface area contributed by atoms with E-state index >= 15 is 0 Å². The van der Waals surface area contributed by atoms with Crippen molar-refractivity contribution in [3.8, 4) is 22.7 Å². The summed E-state index contributed by atoms with van der Waals surface area (Å²) in [6.07, 6.45) is 0. The van der Waals surface area contributed by atoms with Crippen LogP contribution in [-0.2, 0) is 6.54 Å². The van der Waals surface area contributed by atoms with Crippen molar-refractivity contribution in [3.63, 3.8) is 0 Å². The van der Waals surface area contributed by atoms with E-state index in [1.54, 1.807) is 7.11 Å². The van der Waals surface area contributed by atoms with Crippen LogP contribution in [0.25, 0.3) is 16.9 Å². The SMILES string of the molecule is COc1ccc(-c2cc(C(=O)NCc3ccccc3)c(C)n2-c2ccc(C)cc2)cc1. The molecule has 31 heavy (non-hydrogen) atoms. The second-order valence-corrected chi connectivity index (χ2v) is 7.60. The largest absolute Gasteiger partial charge is 0.497 e. The molecule has 4 aromatic rings. The first-order chi connectivity index (χ1) is 15.1. The maximum absolute atomic E-state index is 13.1. The summed E-state index contributed by atoms with van der Waals surface area (Å²) < 4.78 is 7.44. The number of nitrogens with one attached hydrogen (secondary N) is 1. The lowest BCUT2D eigenvalue weighted by Gasteiger charge is -2.13. The number of benzene rings is 3. The summed E-state index contributed by atoms with van der Waals surface area (Å²) in [5.74, 6) is 0.719. The molecule has 1 aromatic heterocycles. The fourth-order valence-corrected chi connectivity index (χ4v) is 3.71. The van der Waals surface area contributed by atoms with Crippen LogP contribution in [0.15, 0.2) is 84.9 Å². The van der Waals surface area contributed by atoms with Gasteiger partial charge in [0.1, 0.15) is 5.75 Å². The van der Waals surface area contributed by atoms with Gasteiger partial charge >= 0.3 is 0 Å². The smallest absolute Gasteiger partial charge is 0.253 e. The van der Waals surface area contributed by atoms with Crippen molar-refractivity contribution in [2.24, 2.45) is 0 Å². The molecular formula is C27H26N2O2. The zero-order valence-corrected chi connectivity index (χ0v) is 18.1. The number of hydrogen-bond donors (Lipinski definition) is 1. The number of carbonyl (C=O) groups excluding carboxylic acids is 1. The number of ether oxygens (including phenoxy) is 1. The Morgan fingerprint density at radius 1 is 0.903 bits per heavy atom. The highest BCUT2D eigenvalue weighted by Crippen LogP contribution is 2.31. The lowest BCUT2D eigenvalue weighted by Crippen LogP contribution is -2.23. The summed E-state index contributed by atoms with van der Waals surface area (Å²) in [6, 6.07) is 28.2. The molecule has 0 bridgehead atoms. The third-order valence-corrected chi connectivity index (χ3v) is 5.47. The number of hydrogen-bond acceptors (Lipinski definition) is 2. The molecule has 1 N–H and O–H groups in total.